The monoisotopic (exact) mass is 427 g/mol. The maximum atomic E-state index is 6.32. The van der Waals surface area contributed by atoms with Gasteiger partial charge in [0, 0.05) is 36.1 Å². The maximum absolute atomic E-state index is 6.32. The number of hydrogen-bond donors (Lipinski definition) is 1. The van der Waals surface area contributed by atoms with Crippen LogP contribution >= 0.6 is 0 Å². The summed E-state index contributed by atoms with van der Waals surface area (Å²) < 4.78 is 12.2. The first-order valence-corrected chi connectivity index (χ1v) is 10.8. The van der Waals surface area contributed by atoms with E-state index in [0.29, 0.717) is 18.9 Å². The Bertz CT molecular complexity index is 1200. The van der Waals surface area contributed by atoms with Gasteiger partial charge in [-0.1, -0.05) is 42.5 Å². The van der Waals surface area contributed by atoms with Crippen LogP contribution in [-0.2, 0) is 0 Å². The second kappa shape index (κ2) is 9.71. The van der Waals surface area contributed by atoms with E-state index < -0.39 is 0 Å². The van der Waals surface area contributed by atoms with Gasteiger partial charge in [-0.15, -0.1) is 0 Å². The second-order valence-corrected chi connectivity index (χ2v) is 8.20. The van der Waals surface area contributed by atoms with Gasteiger partial charge in [0.1, 0.15) is 18.1 Å². The van der Waals surface area contributed by atoms with Gasteiger partial charge in [0.2, 0.25) is 5.71 Å². The van der Waals surface area contributed by atoms with Crippen LogP contribution in [0.15, 0.2) is 83.4 Å². The summed E-state index contributed by atoms with van der Waals surface area (Å²) in [5.41, 5.74) is 5.74. The van der Waals surface area contributed by atoms with Crippen molar-refractivity contribution in [2.24, 2.45) is 0 Å². The Hall–Kier alpha value is -3.57. The normalized spacial score (nSPS) is 11.1. The van der Waals surface area contributed by atoms with Crippen molar-refractivity contribution >= 4 is 16.8 Å². The molecule has 0 spiro atoms. The van der Waals surface area contributed by atoms with Crippen molar-refractivity contribution in [2.45, 2.75) is 6.92 Å². The summed E-state index contributed by atoms with van der Waals surface area (Å²) >= 11 is 0. The van der Waals surface area contributed by atoms with Gasteiger partial charge < -0.3 is 19.4 Å². The quantitative estimate of drug-likeness (QED) is 0.328. The Labute approximate surface area is 189 Å². The highest BCUT2D eigenvalue weighted by atomic mass is 16.5. The predicted octanol–water partition coefficient (Wildman–Crippen LogP) is 6.09. The van der Waals surface area contributed by atoms with Crippen molar-refractivity contribution < 1.29 is 9.15 Å². The highest BCUT2D eigenvalue weighted by molar-refractivity contribution is 6.06. The molecule has 0 unspecified atom stereocenters. The molecule has 0 aliphatic carbocycles. The third kappa shape index (κ3) is 4.84. The van der Waals surface area contributed by atoms with Crippen molar-refractivity contribution in [3.8, 4) is 28.2 Å². The number of nitrogens with zero attached hydrogens (tertiary/aromatic N) is 2. The smallest absolute Gasteiger partial charge is 0.229 e. The largest absolute Gasteiger partial charge is 0.492 e. The summed E-state index contributed by atoms with van der Waals surface area (Å²) in [5, 5.41) is 4.45. The van der Waals surface area contributed by atoms with Crippen LogP contribution in [0, 0.1) is 0 Å². The standard InChI is InChI=1S/C27H29N3O2/c1-19(2)18-29-23-14-15-28-27-25(23)24(20-8-6-5-7-9-20)26(32-27)21-10-12-22(13-11-21)31-17-16-30(3)4/h5-15H,1,16-18H2,2-4H3,(H,28,29). The molecule has 0 aliphatic rings. The fourth-order valence-corrected chi connectivity index (χ4v) is 3.55. The van der Waals surface area contributed by atoms with Gasteiger partial charge in [0.25, 0.3) is 0 Å². The van der Waals surface area contributed by atoms with E-state index >= 15 is 0 Å². The number of aromatic nitrogens is 1. The predicted molar refractivity (Wildman–Crippen MR) is 132 cm³/mol. The lowest BCUT2D eigenvalue weighted by Crippen LogP contribution is -2.19. The highest BCUT2D eigenvalue weighted by Crippen LogP contribution is 2.43. The van der Waals surface area contributed by atoms with Gasteiger partial charge in [-0.05, 0) is 56.9 Å². The first-order valence-electron chi connectivity index (χ1n) is 10.8. The van der Waals surface area contributed by atoms with Crippen LogP contribution in [0.4, 0.5) is 5.69 Å². The molecule has 4 aromatic rings. The van der Waals surface area contributed by atoms with Crippen molar-refractivity contribution in [3.05, 3.63) is 79.0 Å². The molecular formula is C27H29N3O2. The fraction of sp³-hybridized carbons (Fsp3) is 0.222. The summed E-state index contributed by atoms with van der Waals surface area (Å²) in [7, 11) is 4.07. The van der Waals surface area contributed by atoms with Gasteiger partial charge in [0.05, 0.1) is 5.39 Å². The molecule has 1 N–H and O–H groups in total. The number of likely N-dealkylation sites (N-methyl/N-ethyl adjacent to an activating group) is 1. The van der Waals surface area contributed by atoms with Crippen LogP contribution < -0.4 is 10.1 Å². The van der Waals surface area contributed by atoms with Crippen molar-refractivity contribution in [3.63, 3.8) is 0 Å². The molecule has 0 radical (unpaired) electrons. The number of benzene rings is 2. The van der Waals surface area contributed by atoms with Crippen LogP contribution in [-0.4, -0.2) is 43.7 Å². The maximum Gasteiger partial charge on any atom is 0.229 e. The van der Waals surface area contributed by atoms with E-state index in [4.69, 9.17) is 9.15 Å². The molecule has 5 heteroatoms. The summed E-state index contributed by atoms with van der Waals surface area (Å²) in [4.78, 5) is 6.62. The molecule has 2 aromatic carbocycles. The Morgan fingerprint density at radius 2 is 1.78 bits per heavy atom. The van der Waals surface area contributed by atoms with Crippen LogP contribution in [0.1, 0.15) is 6.92 Å². The SMILES string of the molecule is C=C(C)CNc1ccnc2oc(-c3ccc(OCCN(C)C)cc3)c(-c3ccccc3)c12. The minimum Gasteiger partial charge on any atom is -0.492 e. The zero-order chi connectivity index (χ0) is 22.5. The number of pyridine rings is 1. The number of fused-ring (bicyclic) bond motifs is 1. The van der Waals surface area contributed by atoms with Crippen LogP contribution in [0.5, 0.6) is 5.75 Å². The van der Waals surface area contributed by atoms with Crippen LogP contribution in [0.25, 0.3) is 33.6 Å². The number of hydrogen-bond acceptors (Lipinski definition) is 5. The Morgan fingerprint density at radius 1 is 1.03 bits per heavy atom. The van der Waals surface area contributed by atoms with Gasteiger partial charge in [0.15, 0.2) is 0 Å². The number of nitrogens with one attached hydrogen (secondary N) is 1. The topological polar surface area (TPSA) is 50.5 Å². The van der Waals surface area contributed by atoms with E-state index in [1.807, 2.05) is 69.6 Å². The van der Waals surface area contributed by atoms with E-state index in [9.17, 15) is 0 Å². The Kier molecular flexibility index (Phi) is 6.57. The molecule has 0 aliphatic heterocycles. The fourth-order valence-electron chi connectivity index (χ4n) is 3.55. The van der Waals surface area contributed by atoms with Crippen LogP contribution in [0.3, 0.4) is 0 Å². The molecular weight excluding hydrogens is 398 g/mol. The first kappa shape index (κ1) is 21.7. The van der Waals surface area contributed by atoms with Gasteiger partial charge in [-0.25, -0.2) is 4.98 Å². The zero-order valence-corrected chi connectivity index (χ0v) is 18.9. The van der Waals surface area contributed by atoms with Gasteiger partial charge in [-0.3, -0.25) is 0 Å². The number of anilines is 1. The Balaban J connectivity index is 1.77. The third-order valence-electron chi connectivity index (χ3n) is 5.16. The molecule has 2 aromatic heterocycles. The number of ether oxygens (including phenoxy) is 1. The van der Waals surface area contributed by atoms with E-state index in [-0.39, 0.29) is 0 Å². The lowest BCUT2D eigenvalue weighted by Gasteiger charge is -2.11. The van der Waals surface area contributed by atoms with Gasteiger partial charge in [-0.2, -0.15) is 0 Å². The molecule has 4 rings (SSSR count). The average molecular weight is 428 g/mol. The molecule has 0 bridgehead atoms. The summed E-state index contributed by atoms with van der Waals surface area (Å²) in [6.07, 6.45) is 1.77. The summed E-state index contributed by atoms with van der Waals surface area (Å²) in [5.74, 6) is 1.64. The molecule has 5 nitrogen and oxygen atoms in total. The second-order valence-electron chi connectivity index (χ2n) is 8.20. The van der Waals surface area contributed by atoms with E-state index in [2.05, 4.69) is 33.9 Å². The third-order valence-corrected chi connectivity index (χ3v) is 5.16. The molecule has 0 amide bonds. The molecule has 0 atom stereocenters. The molecule has 0 saturated heterocycles. The lowest BCUT2D eigenvalue weighted by molar-refractivity contribution is 0.261. The molecule has 0 fully saturated rings. The van der Waals surface area contributed by atoms with Crippen molar-refractivity contribution in [1.82, 2.24) is 9.88 Å². The zero-order valence-electron chi connectivity index (χ0n) is 18.9. The molecule has 0 saturated carbocycles. The molecule has 32 heavy (non-hydrogen) atoms. The minimum absolute atomic E-state index is 0.608. The molecule has 2 heterocycles. The minimum atomic E-state index is 0.608. The van der Waals surface area contributed by atoms with E-state index in [1.54, 1.807) is 6.20 Å². The molecule has 164 valence electrons. The van der Waals surface area contributed by atoms with Crippen molar-refractivity contribution in [2.75, 3.05) is 39.1 Å². The van der Waals surface area contributed by atoms with E-state index in [0.717, 1.165) is 51.4 Å². The highest BCUT2D eigenvalue weighted by Gasteiger charge is 2.21. The average Bonchev–Trinajstić information content (AvgIpc) is 3.18. The number of rotatable bonds is 9. The number of furan rings is 1. The van der Waals surface area contributed by atoms with Crippen molar-refractivity contribution in [1.29, 1.82) is 0 Å². The summed E-state index contributed by atoms with van der Waals surface area (Å²) in [6, 6.07) is 20.3. The van der Waals surface area contributed by atoms with Crippen LogP contribution in [0.2, 0.25) is 0 Å². The summed E-state index contributed by atoms with van der Waals surface area (Å²) in [6.45, 7) is 8.22. The lowest BCUT2D eigenvalue weighted by atomic mass is 9.98. The first-order chi connectivity index (χ1) is 15.5. The Morgan fingerprint density at radius 3 is 2.47 bits per heavy atom. The van der Waals surface area contributed by atoms with E-state index in [1.165, 1.54) is 0 Å². The van der Waals surface area contributed by atoms with Gasteiger partial charge >= 0.3 is 0 Å².